The van der Waals surface area contributed by atoms with Crippen LogP contribution in [0.1, 0.15) is 30.0 Å². The highest BCUT2D eigenvalue weighted by Gasteiger charge is 2.19. The molecule has 0 fully saturated rings. The number of furan rings is 1. The largest absolute Gasteiger partial charge is 0.459 e. The summed E-state index contributed by atoms with van der Waals surface area (Å²) in [5.41, 5.74) is 2.73. The maximum Gasteiger partial charge on any atom is 0.134 e. The average Bonchev–Trinajstić information content (AvgIpc) is 2.87. The molecule has 0 saturated heterocycles. The third-order valence-electron chi connectivity index (χ3n) is 3.42. The van der Waals surface area contributed by atoms with Crippen LogP contribution in [0.4, 0.5) is 4.39 Å². The van der Waals surface area contributed by atoms with E-state index in [9.17, 15) is 4.39 Å². The van der Waals surface area contributed by atoms with Crippen LogP contribution < -0.4 is 5.32 Å². The van der Waals surface area contributed by atoms with Crippen molar-refractivity contribution in [2.45, 2.75) is 19.9 Å². The van der Waals surface area contributed by atoms with Crippen molar-refractivity contribution in [1.29, 1.82) is 0 Å². The quantitative estimate of drug-likeness (QED) is 0.787. The fourth-order valence-electron chi connectivity index (χ4n) is 2.45. The van der Waals surface area contributed by atoms with E-state index in [0.717, 1.165) is 28.9 Å². The minimum absolute atomic E-state index is 0.134. The van der Waals surface area contributed by atoms with E-state index in [4.69, 9.17) is 4.42 Å². The summed E-state index contributed by atoms with van der Waals surface area (Å²) >= 11 is 0. The van der Waals surface area contributed by atoms with Crippen LogP contribution in [-0.2, 0) is 0 Å². The molecule has 0 aliphatic rings. The Morgan fingerprint density at radius 3 is 2.86 bits per heavy atom. The van der Waals surface area contributed by atoms with Gasteiger partial charge in [0, 0.05) is 11.6 Å². The summed E-state index contributed by atoms with van der Waals surface area (Å²) in [6, 6.07) is 10.3. The lowest BCUT2D eigenvalue weighted by molar-refractivity contribution is 0.471. The first-order valence-electron chi connectivity index (χ1n) is 7.02. The molecule has 0 radical (unpaired) electrons. The monoisotopic (exact) mass is 284 g/mol. The SMILES string of the molecule is CCNC(c1cc(C)ccn1)c1cc2cc(F)ccc2o1. The van der Waals surface area contributed by atoms with Crippen LogP contribution in [0.25, 0.3) is 11.0 Å². The van der Waals surface area contributed by atoms with Gasteiger partial charge in [-0.1, -0.05) is 6.92 Å². The van der Waals surface area contributed by atoms with E-state index in [1.165, 1.54) is 12.1 Å². The number of fused-ring (bicyclic) bond motifs is 1. The molecule has 1 atom stereocenters. The zero-order chi connectivity index (χ0) is 14.8. The molecule has 0 aliphatic carbocycles. The summed E-state index contributed by atoms with van der Waals surface area (Å²) in [5, 5.41) is 4.13. The molecule has 1 N–H and O–H groups in total. The molecule has 108 valence electrons. The molecule has 3 aromatic rings. The predicted octanol–water partition coefficient (Wildman–Crippen LogP) is 3.97. The highest BCUT2D eigenvalue weighted by Crippen LogP contribution is 2.28. The number of rotatable bonds is 4. The first kappa shape index (κ1) is 13.8. The minimum Gasteiger partial charge on any atom is -0.459 e. The van der Waals surface area contributed by atoms with Gasteiger partial charge < -0.3 is 9.73 Å². The molecule has 2 heterocycles. The molecule has 0 bridgehead atoms. The van der Waals surface area contributed by atoms with Gasteiger partial charge in [0.05, 0.1) is 5.69 Å². The smallest absolute Gasteiger partial charge is 0.134 e. The van der Waals surface area contributed by atoms with Gasteiger partial charge in [-0.3, -0.25) is 4.98 Å². The van der Waals surface area contributed by atoms with Crippen LogP contribution >= 0.6 is 0 Å². The van der Waals surface area contributed by atoms with Crippen molar-refractivity contribution in [2.75, 3.05) is 6.54 Å². The van der Waals surface area contributed by atoms with E-state index in [-0.39, 0.29) is 11.9 Å². The second-order valence-electron chi connectivity index (χ2n) is 5.08. The van der Waals surface area contributed by atoms with Gasteiger partial charge in [-0.2, -0.15) is 0 Å². The van der Waals surface area contributed by atoms with Crippen LogP contribution in [0.3, 0.4) is 0 Å². The maximum absolute atomic E-state index is 13.3. The summed E-state index contributed by atoms with van der Waals surface area (Å²) < 4.78 is 19.2. The second-order valence-corrected chi connectivity index (χ2v) is 5.08. The molecule has 0 aliphatic heterocycles. The van der Waals surface area contributed by atoms with E-state index in [2.05, 4.69) is 10.3 Å². The van der Waals surface area contributed by atoms with E-state index in [1.807, 2.05) is 32.0 Å². The number of hydrogen-bond donors (Lipinski definition) is 1. The molecule has 4 heteroatoms. The van der Waals surface area contributed by atoms with Crippen molar-refractivity contribution in [1.82, 2.24) is 10.3 Å². The van der Waals surface area contributed by atoms with Gasteiger partial charge in [0.25, 0.3) is 0 Å². The molecule has 2 aromatic heterocycles. The fourth-order valence-corrected chi connectivity index (χ4v) is 2.45. The number of nitrogens with one attached hydrogen (secondary N) is 1. The number of aryl methyl sites for hydroxylation is 1. The van der Waals surface area contributed by atoms with Crippen LogP contribution in [0, 0.1) is 12.7 Å². The summed E-state index contributed by atoms with van der Waals surface area (Å²) in [4.78, 5) is 4.43. The summed E-state index contributed by atoms with van der Waals surface area (Å²) in [6.07, 6.45) is 1.79. The summed E-state index contributed by atoms with van der Waals surface area (Å²) in [5.74, 6) is 0.485. The Morgan fingerprint density at radius 1 is 1.24 bits per heavy atom. The van der Waals surface area contributed by atoms with Crippen molar-refractivity contribution in [2.24, 2.45) is 0 Å². The third-order valence-corrected chi connectivity index (χ3v) is 3.42. The normalized spacial score (nSPS) is 12.7. The van der Waals surface area contributed by atoms with E-state index in [1.54, 1.807) is 12.3 Å². The van der Waals surface area contributed by atoms with Gasteiger partial charge in [-0.25, -0.2) is 4.39 Å². The Labute approximate surface area is 122 Å². The molecule has 0 amide bonds. The highest BCUT2D eigenvalue weighted by molar-refractivity contribution is 5.78. The second kappa shape index (κ2) is 5.66. The molecule has 1 aromatic carbocycles. The molecule has 0 saturated carbocycles. The standard InChI is InChI=1S/C17H17FN2O/c1-3-19-17(14-8-11(2)6-7-20-14)16-10-12-9-13(18)4-5-15(12)21-16/h4-10,17,19H,3H2,1-2H3. The molecule has 21 heavy (non-hydrogen) atoms. The Kier molecular flexibility index (Phi) is 3.71. The first-order valence-corrected chi connectivity index (χ1v) is 7.02. The Balaban J connectivity index is 2.06. The zero-order valence-electron chi connectivity index (χ0n) is 12.1. The van der Waals surface area contributed by atoms with E-state index >= 15 is 0 Å². The minimum atomic E-state index is -0.261. The molecular formula is C17H17FN2O. The van der Waals surface area contributed by atoms with Crippen LogP contribution in [0.2, 0.25) is 0 Å². The van der Waals surface area contributed by atoms with Gasteiger partial charge in [0.1, 0.15) is 23.2 Å². The van der Waals surface area contributed by atoms with Crippen LogP contribution in [0.5, 0.6) is 0 Å². The zero-order valence-corrected chi connectivity index (χ0v) is 12.1. The van der Waals surface area contributed by atoms with Gasteiger partial charge >= 0.3 is 0 Å². The van der Waals surface area contributed by atoms with Gasteiger partial charge in [-0.15, -0.1) is 0 Å². The number of pyridine rings is 1. The van der Waals surface area contributed by atoms with Gasteiger partial charge in [-0.05, 0) is 55.4 Å². The number of nitrogens with zero attached hydrogens (tertiary/aromatic N) is 1. The highest BCUT2D eigenvalue weighted by atomic mass is 19.1. The summed E-state index contributed by atoms with van der Waals surface area (Å²) in [6.45, 7) is 4.85. The number of halogens is 1. The maximum atomic E-state index is 13.3. The fraction of sp³-hybridized carbons (Fsp3) is 0.235. The molecular weight excluding hydrogens is 267 g/mol. The molecule has 3 rings (SSSR count). The molecule has 3 nitrogen and oxygen atoms in total. The Morgan fingerprint density at radius 2 is 2.10 bits per heavy atom. The molecule has 1 unspecified atom stereocenters. The third kappa shape index (κ3) is 2.81. The lowest BCUT2D eigenvalue weighted by atomic mass is 10.1. The van der Waals surface area contributed by atoms with Crippen molar-refractivity contribution in [3.05, 3.63) is 65.4 Å². The molecule has 0 spiro atoms. The number of hydrogen-bond acceptors (Lipinski definition) is 3. The van der Waals surface area contributed by atoms with Crippen LogP contribution in [0.15, 0.2) is 47.0 Å². The predicted molar refractivity (Wildman–Crippen MR) is 80.7 cm³/mol. The van der Waals surface area contributed by atoms with E-state index < -0.39 is 0 Å². The van der Waals surface area contributed by atoms with Crippen molar-refractivity contribution in [3.8, 4) is 0 Å². The number of benzene rings is 1. The van der Waals surface area contributed by atoms with Crippen molar-refractivity contribution < 1.29 is 8.81 Å². The lowest BCUT2D eigenvalue weighted by Gasteiger charge is -2.15. The van der Waals surface area contributed by atoms with Gasteiger partial charge in [0.15, 0.2) is 0 Å². The van der Waals surface area contributed by atoms with Crippen molar-refractivity contribution in [3.63, 3.8) is 0 Å². The van der Waals surface area contributed by atoms with Crippen LogP contribution in [-0.4, -0.2) is 11.5 Å². The van der Waals surface area contributed by atoms with Crippen molar-refractivity contribution >= 4 is 11.0 Å². The number of aromatic nitrogens is 1. The lowest BCUT2D eigenvalue weighted by Crippen LogP contribution is -2.22. The average molecular weight is 284 g/mol. The summed E-state index contributed by atoms with van der Waals surface area (Å²) in [7, 11) is 0. The Bertz CT molecular complexity index is 766. The first-order chi connectivity index (χ1) is 10.2. The topological polar surface area (TPSA) is 38.1 Å². The van der Waals surface area contributed by atoms with E-state index in [0.29, 0.717) is 5.58 Å². The van der Waals surface area contributed by atoms with Gasteiger partial charge in [0.2, 0.25) is 0 Å². The Hall–Kier alpha value is -2.20.